The molecule has 2 rings (SSSR count). The van der Waals surface area contributed by atoms with Gasteiger partial charge >= 0.3 is 6.09 Å². The van der Waals surface area contributed by atoms with E-state index in [9.17, 15) is 9.59 Å². The van der Waals surface area contributed by atoms with Crippen LogP contribution in [0.2, 0.25) is 0 Å². The number of nitrogens with two attached hydrogens (primary N) is 1. The van der Waals surface area contributed by atoms with Crippen LogP contribution < -0.4 is 16.4 Å². The van der Waals surface area contributed by atoms with E-state index >= 15 is 0 Å². The Hall–Kier alpha value is -2.24. The maximum absolute atomic E-state index is 11.5. The molecule has 2 amide bonds. The Morgan fingerprint density at radius 2 is 2.31 bits per heavy atom. The van der Waals surface area contributed by atoms with Gasteiger partial charge in [0.2, 0.25) is 5.91 Å². The molecule has 1 aromatic rings. The first kappa shape index (κ1) is 10.3. The van der Waals surface area contributed by atoms with Crippen molar-refractivity contribution < 1.29 is 14.7 Å². The fourth-order valence-corrected chi connectivity index (χ4v) is 1.73. The summed E-state index contributed by atoms with van der Waals surface area (Å²) in [5.41, 5.74) is 7.72. The van der Waals surface area contributed by atoms with Crippen molar-refractivity contribution >= 4 is 23.4 Å². The molecule has 5 N–H and O–H groups in total. The lowest BCUT2D eigenvalue weighted by Gasteiger charge is -2.25. The Labute approximate surface area is 91.4 Å². The third kappa shape index (κ3) is 1.77. The molecule has 6 heteroatoms. The molecule has 0 bridgehead atoms. The van der Waals surface area contributed by atoms with Gasteiger partial charge < -0.3 is 21.5 Å². The number of nitrogens with one attached hydrogen (secondary N) is 2. The number of carbonyl (C=O) groups is 2. The number of hydrogen-bond acceptors (Lipinski definition) is 3. The molecular formula is C10H11N3O3. The number of amides is 2. The molecule has 1 atom stereocenters. The van der Waals surface area contributed by atoms with Gasteiger partial charge in [-0.05, 0) is 12.1 Å². The van der Waals surface area contributed by atoms with Crippen molar-refractivity contribution in [2.45, 2.75) is 12.5 Å². The van der Waals surface area contributed by atoms with Gasteiger partial charge in [0.25, 0.3) is 0 Å². The molecule has 0 spiro atoms. The van der Waals surface area contributed by atoms with Crippen LogP contribution in [0.3, 0.4) is 0 Å². The van der Waals surface area contributed by atoms with Crippen LogP contribution in [0.5, 0.6) is 0 Å². The van der Waals surface area contributed by atoms with Crippen molar-refractivity contribution in [1.29, 1.82) is 0 Å². The van der Waals surface area contributed by atoms with Crippen LogP contribution in [0, 0.1) is 0 Å². The number of hydrogen-bond donors (Lipinski definition) is 4. The van der Waals surface area contributed by atoms with Gasteiger partial charge in [0.1, 0.15) is 6.04 Å². The van der Waals surface area contributed by atoms with Crippen LogP contribution in [-0.4, -0.2) is 23.1 Å². The van der Waals surface area contributed by atoms with E-state index < -0.39 is 12.1 Å². The minimum atomic E-state index is -1.22. The summed E-state index contributed by atoms with van der Waals surface area (Å²) in [6.45, 7) is 0. The molecule has 0 fully saturated rings. The predicted molar refractivity (Wildman–Crippen MR) is 58.1 cm³/mol. The van der Waals surface area contributed by atoms with E-state index in [1.165, 1.54) is 0 Å². The zero-order valence-corrected chi connectivity index (χ0v) is 8.36. The molecule has 0 saturated heterocycles. The Bertz CT molecular complexity index is 459. The van der Waals surface area contributed by atoms with Gasteiger partial charge in [-0.25, -0.2) is 4.79 Å². The average molecular weight is 221 g/mol. The number of carboxylic acid groups (broad SMARTS) is 1. The lowest BCUT2D eigenvalue weighted by atomic mass is 9.97. The third-order valence-corrected chi connectivity index (χ3v) is 2.49. The molecule has 1 aromatic carbocycles. The minimum absolute atomic E-state index is 0.278. The van der Waals surface area contributed by atoms with E-state index in [0.29, 0.717) is 11.4 Å². The summed E-state index contributed by atoms with van der Waals surface area (Å²) in [4.78, 5) is 22.0. The molecule has 0 aromatic heterocycles. The van der Waals surface area contributed by atoms with Gasteiger partial charge in [-0.3, -0.25) is 4.79 Å². The van der Waals surface area contributed by atoms with Crippen LogP contribution in [0.1, 0.15) is 5.56 Å². The zero-order valence-electron chi connectivity index (χ0n) is 8.36. The fourth-order valence-electron chi connectivity index (χ4n) is 1.73. The minimum Gasteiger partial charge on any atom is -0.465 e. The summed E-state index contributed by atoms with van der Waals surface area (Å²) in [5.74, 6) is -0.361. The molecular weight excluding hydrogens is 210 g/mol. The molecule has 1 aliphatic heterocycles. The molecule has 0 radical (unpaired) electrons. The topological polar surface area (TPSA) is 104 Å². The number of carbonyl (C=O) groups excluding carboxylic acids is 1. The van der Waals surface area contributed by atoms with Gasteiger partial charge in [-0.15, -0.1) is 0 Å². The maximum atomic E-state index is 11.5. The number of fused-ring (bicyclic) bond motifs is 1. The van der Waals surface area contributed by atoms with Gasteiger partial charge in [-0.1, -0.05) is 6.07 Å². The average Bonchev–Trinajstić information content (AvgIpc) is 2.20. The fraction of sp³-hybridized carbons (Fsp3) is 0.200. The zero-order chi connectivity index (χ0) is 11.7. The first-order valence-corrected chi connectivity index (χ1v) is 4.75. The molecule has 1 unspecified atom stereocenters. The smallest absolute Gasteiger partial charge is 0.405 e. The van der Waals surface area contributed by atoms with Crippen molar-refractivity contribution in [2.24, 2.45) is 0 Å². The number of benzene rings is 1. The second kappa shape index (κ2) is 3.73. The van der Waals surface area contributed by atoms with Crippen molar-refractivity contribution in [3.63, 3.8) is 0 Å². The first-order valence-electron chi connectivity index (χ1n) is 4.75. The van der Waals surface area contributed by atoms with Crippen LogP contribution in [0.15, 0.2) is 18.2 Å². The second-order valence-corrected chi connectivity index (χ2v) is 3.57. The van der Waals surface area contributed by atoms with Crippen LogP contribution in [-0.2, 0) is 11.2 Å². The van der Waals surface area contributed by atoms with E-state index in [2.05, 4.69) is 10.6 Å². The van der Waals surface area contributed by atoms with Crippen molar-refractivity contribution in [1.82, 2.24) is 5.32 Å². The lowest BCUT2D eigenvalue weighted by molar-refractivity contribution is -0.118. The molecule has 16 heavy (non-hydrogen) atoms. The summed E-state index contributed by atoms with van der Waals surface area (Å²) < 4.78 is 0. The summed E-state index contributed by atoms with van der Waals surface area (Å²) in [6.07, 6.45) is -0.946. The van der Waals surface area contributed by atoms with Crippen molar-refractivity contribution in [3.05, 3.63) is 23.8 Å². The second-order valence-electron chi connectivity index (χ2n) is 3.57. The Morgan fingerprint density at radius 3 is 3.00 bits per heavy atom. The van der Waals surface area contributed by atoms with E-state index in [0.717, 1.165) is 5.56 Å². The van der Waals surface area contributed by atoms with Gasteiger partial charge in [0.15, 0.2) is 0 Å². The van der Waals surface area contributed by atoms with Gasteiger partial charge in [-0.2, -0.15) is 0 Å². The number of nitrogen functional groups attached to an aromatic ring is 1. The third-order valence-electron chi connectivity index (χ3n) is 2.49. The molecule has 0 saturated carbocycles. The van der Waals surface area contributed by atoms with E-state index in [4.69, 9.17) is 10.8 Å². The Kier molecular flexibility index (Phi) is 2.40. The van der Waals surface area contributed by atoms with E-state index in [1.54, 1.807) is 18.2 Å². The largest absolute Gasteiger partial charge is 0.465 e. The first-order chi connectivity index (χ1) is 7.58. The normalized spacial score (nSPS) is 18.5. The molecule has 84 valence electrons. The Balaban J connectivity index is 2.30. The van der Waals surface area contributed by atoms with Crippen LogP contribution >= 0.6 is 0 Å². The standard InChI is InChI=1S/C10H11N3O3/c11-6-2-1-3-7-5(6)4-8(9(14)12-7)13-10(15)16/h1-3,8,13H,4,11H2,(H,12,14)(H,15,16). The summed E-state index contributed by atoms with van der Waals surface area (Å²) in [7, 11) is 0. The summed E-state index contributed by atoms with van der Waals surface area (Å²) in [5, 5.41) is 13.3. The highest BCUT2D eigenvalue weighted by molar-refractivity contribution is 6.00. The van der Waals surface area contributed by atoms with Crippen LogP contribution in [0.4, 0.5) is 16.2 Å². The highest BCUT2D eigenvalue weighted by Gasteiger charge is 2.28. The SMILES string of the molecule is Nc1cccc2c1CC(NC(=O)O)C(=O)N2. The Morgan fingerprint density at radius 1 is 1.56 bits per heavy atom. The van der Waals surface area contributed by atoms with Gasteiger partial charge in [0, 0.05) is 23.4 Å². The summed E-state index contributed by atoms with van der Waals surface area (Å²) in [6, 6.07) is 4.41. The van der Waals surface area contributed by atoms with Gasteiger partial charge in [0.05, 0.1) is 0 Å². The lowest BCUT2D eigenvalue weighted by Crippen LogP contribution is -2.47. The highest BCUT2D eigenvalue weighted by atomic mass is 16.4. The van der Waals surface area contributed by atoms with Crippen molar-refractivity contribution in [3.8, 4) is 0 Å². The molecule has 1 aliphatic rings. The number of anilines is 2. The molecule has 6 nitrogen and oxygen atoms in total. The number of rotatable bonds is 1. The molecule has 0 aliphatic carbocycles. The van der Waals surface area contributed by atoms with Crippen LogP contribution in [0.25, 0.3) is 0 Å². The quantitative estimate of drug-likeness (QED) is 0.515. The highest BCUT2D eigenvalue weighted by Crippen LogP contribution is 2.27. The maximum Gasteiger partial charge on any atom is 0.405 e. The van der Waals surface area contributed by atoms with E-state index in [-0.39, 0.29) is 12.3 Å². The predicted octanol–water partition coefficient (Wildman–Crippen LogP) is 0.400. The molecule has 1 heterocycles. The van der Waals surface area contributed by atoms with E-state index in [1.807, 2.05) is 0 Å². The monoisotopic (exact) mass is 221 g/mol. The summed E-state index contributed by atoms with van der Waals surface area (Å²) >= 11 is 0. The van der Waals surface area contributed by atoms with Crippen molar-refractivity contribution in [2.75, 3.05) is 11.1 Å².